The number of benzene rings is 2. The number of aromatic nitrogens is 2. The first-order valence-corrected chi connectivity index (χ1v) is 7.34. The Morgan fingerprint density at radius 1 is 1.09 bits per heavy atom. The zero-order valence-corrected chi connectivity index (χ0v) is 12.5. The van der Waals surface area contributed by atoms with Crippen LogP contribution in [0.2, 0.25) is 0 Å². The third-order valence-corrected chi connectivity index (χ3v) is 3.57. The van der Waals surface area contributed by atoms with E-state index in [0.717, 1.165) is 29.1 Å². The van der Waals surface area contributed by atoms with Crippen molar-refractivity contribution in [1.82, 2.24) is 9.97 Å². The van der Waals surface area contributed by atoms with Crippen molar-refractivity contribution in [1.29, 1.82) is 0 Å². The second-order valence-corrected chi connectivity index (χ2v) is 5.01. The predicted molar refractivity (Wildman–Crippen MR) is 89.2 cm³/mol. The van der Waals surface area contributed by atoms with Gasteiger partial charge in [0.1, 0.15) is 5.75 Å². The Morgan fingerprint density at radius 2 is 1.91 bits per heavy atom. The number of aromatic amines is 1. The smallest absolute Gasteiger partial charge is 0.128 e. The highest BCUT2D eigenvalue weighted by Crippen LogP contribution is 2.27. The molecule has 3 rings (SSSR count). The number of imidazole rings is 1. The summed E-state index contributed by atoms with van der Waals surface area (Å²) in [4.78, 5) is 7.18. The standard InChI is InChI=1S/C18H19N3O/c1-19-15-8-6-14(7-9-15)10-11-22-18-5-3-2-4-16(18)17-12-20-13-21-17/h2-9,12-13,19H,10-11H2,1H3,(H,20,21). The third kappa shape index (κ3) is 3.28. The fourth-order valence-corrected chi connectivity index (χ4v) is 2.34. The average Bonchev–Trinajstić information content (AvgIpc) is 3.10. The van der Waals surface area contributed by atoms with Crippen molar-refractivity contribution in [2.75, 3.05) is 19.0 Å². The van der Waals surface area contributed by atoms with Gasteiger partial charge in [0, 0.05) is 24.7 Å². The second kappa shape index (κ2) is 6.80. The van der Waals surface area contributed by atoms with Crippen molar-refractivity contribution in [3.63, 3.8) is 0 Å². The summed E-state index contributed by atoms with van der Waals surface area (Å²) in [6, 6.07) is 16.4. The first-order valence-electron chi connectivity index (χ1n) is 7.34. The van der Waals surface area contributed by atoms with E-state index in [2.05, 4.69) is 39.6 Å². The summed E-state index contributed by atoms with van der Waals surface area (Å²) in [7, 11) is 1.92. The van der Waals surface area contributed by atoms with Crippen LogP contribution in [0.25, 0.3) is 11.3 Å². The monoisotopic (exact) mass is 293 g/mol. The topological polar surface area (TPSA) is 49.9 Å². The number of para-hydroxylation sites is 1. The lowest BCUT2D eigenvalue weighted by molar-refractivity contribution is 0.323. The molecule has 1 aromatic heterocycles. The molecule has 0 amide bonds. The molecule has 0 radical (unpaired) electrons. The van der Waals surface area contributed by atoms with E-state index < -0.39 is 0 Å². The van der Waals surface area contributed by atoms with E-state index in [1.54, 1.807) is 12.5 Å². The number of nitrogens with zero attached hydrogens (tertiary/aromatic N) is 1. The molecule has 4 heteroatoms. The summed E-state index contributed by atoms with van der Waals surface area (Å²) < 4.78 is 5.96. The van der Waals surface area contributed by atoms with Gasteiger partial charge in [-0.25, -0.2) is 4.98 Å². The van der Waals surface area contributed by atoms with Gasteiger partial charge in [-0.3, -0.25) is 0 Å². The Hall–Kier alpha value is -2.75. The van der Waals surface area contributed by atoms with Crippen LogP contribution in [0.3, 0.4) is 0 Å². The van der Waals surface area contributed by atoms with E-state index in [4.69, 9.17) is 4.74 Å². The van der Waals surface area contributed by atoms with Crippen LogP contribution < -0.4 is 10.1 Å². The molecule has 0 atom stereocenters. The summed E-state index contributed by atoms with van der Waals surface area (Å²) in [5.41, 5.74) is 4.38. The average molecular weight is 293 g/mol. The van der Waals surface area contributed by atoms with Gasteiger partial charge in [0.25, 0.3) is 0 Å². The molecule has 1 heterocycles. The molecule has 0 aliphatic heterocycles. The van der Waals surface area contributed by atoms with Gasteiger partial charge in [0.15, 0.2) is 0 Å². The zero-order valence-electron chi connectivity index (χ0n) is 12.5. The Labute approximate surface area is 130 Å². The number of hydrogen-bond donors (Lipinski definition) is 2. The van der Waals surface area contributed by atoms with Crippen LogP contribution in [0, 0.1) is 0 Å². The molecular weight excluding hydrogens is 274 g/mol. The van der Waals surface area contributed by atoms with Crippen molar-refractivity contribution in [2.45, 2.75) is 6.42 Å². The molecule has 4 nitrogen and oxygen atoms in total. The van der Waals surface area contributed by atoms with E-state index in [9.17, 15) is 0 Å². The maximum atomic E-state index is 5.96. The van der Waals surface area contributed by atoms with Crippen molar-refractivity contribution in [3.05, 3.63) is 66.6 Å². The largest absolute Gasteiger partial charge is 0.493 e. The molecular formula is C18H19N3O. The highest BCUT2D eigenvalue weighted by molar-refractivity contribution is 5.66. The number of ether oxygens (including phenoxy) is 1. The van der Waals surface area contributed by atoms with Crippen molar-refractivity contribution in [3.8, 4) is 17.0 Å². The Bertz CT molecular complexity index is 705. The van der Waals surface area contributed by atoms with E-state index in [1.807, 2.05) is 31.3 Å². The molecule has 112 valence electrons. The fraction of sp³-hybridized carbons (Fsp3) is 0.167. The van der Waals surface area contributed by atoms with Gasteiger partial charge in [-0.15, -0.1) is 0 Å². The highest BCUT2D eigenvalue weighted by atomic mass is 16.5. The van der Waals surface area contributed by atoms with Gasteiger partial charge in [-0.05, 0) is 29.8 Å². The summed E-state index contributed by atoms with van der Waals surface area (Å²) >= 11 is 0. The maximum absolute atomic E-state index is 5.96. The minimum absolute atomic E-state index is 0.643. The quantitative estimate of drug-likeness (QED) is 0.728. The molecule has 0 bridgehead atoms. The van der Waals surface area contributed by atoms with Crippen LogP contribution in [0.4, 0.5) is 5.69 Å². The molecule has 0 fully saturated rings. The van der Waals surface area contributed by atoms with Gasteiger partial charge in [-0.1, -0.05) is 24.3 Å². The highest BCUT2D eigenvalue weighted by Gasteiger charge is 2.06. The van der Waals surface area contributed by atoms with Crippen molar-refractivity contribution >= 4 is 5.69 Å². The molecule has 3 aromatic rings. The number of rotatable bonds is 6. The maximum Gasteiger partial charge on any atom is 0.128 e. The van der Waals surface area contributed by atoms with Crippen LogP contribution in [-0.4, -0.2) is 23.6 Å². The van der Waals surface area contributed by atoms with Gasteiger partial charge < -0.3 is 15.0 Å². The minimum Gasteiger partial charge on any atom is -0.493 e. The van der Waals surface area contributed by atoms with Crippen LogP contribution in [0.5, 0.6) is 5.75 Å². The molecule has 2 aromatic carbocycles. The van der Waals surface area contributed by atoms with Gasteiger partial charge in [-0.2, -0.15) is 0 Å². The SMILES string of the molecule is CNc1ccc(CCOc2ccccc2-c2cnc[nH]2)cc1. The van der Waals surface area contributed by atoms with Gasteiger partial charge >= 0.3 is 0 Å². The molecule has 0 aliphatic carbocycles. The first kappa shape index (κ1) is 14.2. The lowest BCUT2D eigenvalue weighted by Crippen LogP contribution is -2.02. The Morgan fingerprint density at radius 3 is 2.64 bits per heavy atom. The normalized spacial score (nSPS) is 10.4. The molecule has 0 aliphatic rings. The van der Waals surface area contributed by atoms with Crippen LogP contribution in [0.15, 0.2) is 61.1 Å². The van der Waals surface area contributed by atoms with Crippen molar-refractivity contribution in [2.24, 2.45) is 0 Å². The number of hydrogen-bond acceptors (Lipinski definition) is 3. The van der Waals surface area contributed by atoms with Crippen molar-refractivity contribution < 1.29 is 4.74 Å². The molecule has 0 spiro atoms. The Balaban J connectivity index is 1.64. The lowest BCUT2D eigenvalue weighted by Gasteiger charge is -2.10. The molecule has 0 saturated heterocycles. The van der Waals surface area contributed by atoms with E-state index >= 15 is 0 Å². The number of H-pyrrole nitrogens is 1. The number of anilines is 1. The predicted octanol–water partition coefficient (Wildman–Crippen LogP) is 3.74. The minimum atomic E-state index is 0.643. The summed E-state index contributed by atoms with van der Waals surface area (Å²) in [6.45, 7) is 0.643. The Kier molecular flexibility index (Phi) is 4.39. The first-order chi connectivity index (χ1) is 10.9. The van der Waals surface area contributed by atoms with E-state index in [-0.39, 0.29) is 0 Å². The zero-order chi connectivity index (χ0) is 15.2. The van der Waals surface area contributed by atoms with Gasteiger partial charge in [0.05, 0.1) is 24.8 Å². The van der Waals surface area contributed by atoms with Crippen LogP contribution >= 0.6 is 0 Å². The lowest BCUT2D eigenvalue weighted by atomic mass is 10.1. The van der Waals surface area contributed by atoms with E-state index in [0.29, 0.717) is 6.61 Å². The molecule has 0 unspecified atom stereocenters. The third-order valence-electron chi connectivity index (χ3n) is 3.57. The molecule has 2 N–H and O–H groups in total. The summed E-state index contributed by atoms with van der Waals surface area (Å²) in [5.74, 6) is 0.874. The number of nitrogens with one attached hydrogen (secondary N) is 2. The van der Waals surface area contributed by atoms with E-state index in [1.165, 1.54) is 5.56 Å². The summed E-state index contributed by atoms with van der Waals surface area (Å²) in [6.07, 6.45) is 4.36. The van der Waals surface area contributed by atoms with Crippen LogP contribution in [-0.2, 0) is 6.42 Å². The van der Waals surface area contributed by atoms with Gasteiger partial charge in [0.2, 0.25) is 0 Å². The fourth-order valence-electron chi connectivity index (χ4n) is 2.34. The molecule has 0 saturated carbocycles. The van der Waals surface area contributed by atoms with Crippen LogP contribution in [0.1, 0.15) is 5.56 Å². The molecule has 22 heavy (non-hydrogen) atoms. The second-order valence-electron chi connectivity index (χ2n) is 5.01. The summed E-state index contributed by atoms with van der Waals surface area (Å²) in [5, 5.41) is 3.12.